The van der Waals surface area contributed by atoms with Gasteiger partial charge in [-0.05, 0) is 107 Å². The normalized spacial score (nSPS) is 14.8. The average Bonchev–Trinajstić information content (AvgIpc) is 2.02. The highest BCUT2D eigenvalue weighted by Crippen LogP contribution is 2.49. The van der Waals surface area contributed by atoms with Gasteiger partial charge in [0.15, 0.2) is 11.3 Å². The fourth-order valence-corrected chi connectivity index (χ4v) is 15.8. The molecular weight excluding hydrogens is 1040 g/mol. The number of para-hydroxylation sites is 5. The number of H-pyrrole nitrogens is 1. The average molecular weight is 1090 g/mol. The predicted octanol–water partition coefficient (Wildman–Crippen LogP) is 19.5. The van der Waals surface area contributed by atoms with Crippen molar-refractivity contribution in [3.05, 3.63) is 270 Å². The Morgan fingerprint density at radius 1 is 0.488 bits per heavy atom. The second-order valence-electron chi connectivity index (χ2n) is 22.6. The number of aromatic amines is 1. The lowest BCUT2D eigenvalue weighted by molar-refractivity contribution is 0.457. The largest absolute Gasteiger partial charge is 0.331 e. The molecule has 6 aromatic heterocycles. The van der Waals surface area contributed by atoms with Gasteiger partial charge in [0.1, 0.15) is 0 Å². The molecule has 0 radical (unpaired) electrons. The zero-order valence-corrected chi connectivity index (χ0v) is 46.6. The summed E-state index contributed by atoms with van der Waals surface area (Å²) in [6.45, 7) is 2.33. The molecule has 0 aliphatic heterocycles. The van der Waals surface area contributed by atoms with E-state index in [9.17, 15) is 5.41 Å². The molecule has 8 heteroatoms. The molecule has 6 heterocycles. The summed E-state index contributed by atoms with van der Waals surface area (Å²) < 4.78 is 11.0. The third-order valence-corrected chi connectivity index (χ3v) is 19.5. The second kappa shape index (κ2) is 18.0. The highest BCUT2D eigenvalue weighted by Gasteiger charge is 2.33. The van der Waals surface area contributed by atoms with Gasteiger partial charge in [0, 0.05) is 97.2 Å². The fourth-order valence-electron chi connectivity index (χ4n) is 14.4. The first-order chi connectivity index (χ1) is 41.5. The first kappa shape index (κ1) is 47.1. The van der Waals surface area contributed by atoms with Gasteiger partial charge in [0.2, 0.25) is 0 Å². The summed E-state index contributed by atoms with van der Waals surface area (Å²) in [5.41, 5.74) is 16.4. The summed E-state index contributed by atoms with van der Waals surface area (Å²) in [5.74, 6) is 0.478. The van der Waals surface area contributed by atoms with Crippen molar-refractivity contribution in [3.63, 3.8) is 0 Å². The van der Waals surface area contributed by atoms with Crippen LogP contribution in [0.4, 0.5) is 0 Å². The Hall–Kier alpha value is -10.5. The van der Waals surface area contributed by atoms with Crippen LogP contribution in [0.1, 0.15) is 35.4 Å². The van der Waals surface area contributed by atoms with Gasteiger partial charge in [-0.15, -0.1) is 11.3 Å². The van der Waals surface area contributed by atoms with Crippen molar-refractivity contribution in [2.45, 2.75) is 19.4 Å². The van der Waals surface area contributed by atoms with Crippen LogP contribution in [-0.2, 0) is 0 Å². The van der Waals surface area contributed by atoms with E-state index >= 15 is 0 Å². The van der Waals surface area contributed by atoms with Crippen LogP contribution in [0.2, 0.25) is 0 Å². The van der Waals surface area contributed by atoms with E-state index in [0.717, 1.165) is 77.6 Å². The third-order valence-electron chi connectivity index (χ3n) is 18.2. The molecule has 17 aromatic rings. The quantitative estimate of drug-likeness (QED) is 0.127. The first-order valence-electron chi connectivity index (χ1n) is 29.0. The Labute approximate surface area is 485 Å². The molecule has 11 aromatic carbocycles. The summed E-state index contributed by atoms with van der Waals surface area (Å²) in [6, 6.07) is 88.1. The number of benzene rings is 11. The number of nitrogens with zero attached hydrogens (tertiary/aromatic N) is 5. The van der Waals surface area contributed by atoms with Gasteiger partial charge < -0.3 is 13.5 Å². The minimum Gasteiger partial charge on any atom is -0.331 e. The van der Waals surface area contributed by atoms with Crippen LogP contribution in [0, 0.1) is 11.3 Å². The van der Waals surface area contributed by atoms with E-state index in [0.29, 0.717) is 11.4 Å². The lowest BCUT2D eigenvalue weighted by Gasteiger charge is -2.30. The van der Waals surface area contributed by atoms with Crippen LogP contribution in [0.25, 0.3) is 142 Å². The summed E-state index contributed by atoms with van der Waals surface area (Å²) in [6.07, 6.45) is 5.90. The van der Waals surface area contributed by atoms with Gasteiger partial charge in [-0.2, -0.15) is 0 Å². The molecule has 2 atom stereocenters. The Bertz CT molecular complexity index is 5780. The van der Waals surface area contributed by atoms with E-state index in [1.807, 2.05) is 23.5 Å². The maximum Gasteiger partial charge on any atom is 0.155 e. The van der Waals surface area contributed by atoms with Crippen molar-refractivity contribution in [3.8, 4) is 16.8 Å². The van der Waals surface area contributed by atoms with Crippen LogP contribution in [0.5, 0.6) is 0 Å². The van der Waals surface area contributed by atoms with E-state index in [1.54, 1.807) is 0 Å². The van der Waals surface area contributed by atoms with E-state index in [2.05, 4.69) is 273 Å². The Balaban J connectivity index is 0.762. The standard InChI is InChI=1S/C76H51N7S/c1-2-45-34-37-60-63-44-51(80-64-25-10-5-19-53(64)54-20-6-11-26-65(54)80)36-41-70(63)84-74(60)71(45)82-67-28-13-8-23-57(67)62-43-48(35-40-68(62)82)46-30-32-47(33-31-46)75(77)78-76-61-24-4-3-18-52(61)49-16-15-17-50(42-49)81-66-27-12-7-21-55(66)58-38-39-59-56-22-9-14-29-69(56)83(79-76)73(59)72(58)81/h3-45,71H,2H2,1H3,(H2,77,78,79). The highest BCUT2D eigenvalue weighted by molar-refractivity contribution is 7.19. The van der Waals surface area contributed by atoms with Crippen molar-refractivity contribution in [1.29, 1.82) is 5.41 Å². The molecule has 1 aliphatic carbocycles. The Morgan fingerprint density at radius 3 is 1.81 bits per heavy atom. The molecule has 0 saturated heterocycles. The number of thiophene rings is 1. The van der Waals surface area contributed by atoms with Crippen LogP contribution in [0.3, 0.4) is 0 Å². The molecule has 0 fully saturated rings. The first-order valence-corrected chi connectivity index (χ1v) is 29.8. The van der Waals surface area contributed by atoms with Gasteiger partial charge in [-0.25, -0.2) is 4.99 Å². The maximum absolute atomic E-state index is 9.80. The van der Waals surface area contributed by atoms with Crippen LogP contribution in [-0.4, -0.2) is 29.0 Å². The maximum atomic E-state index is 9.80. The summed E-state index contributed by atoms with van der Waals surface area (Å²) in [4.78, 5) is 6.70. The number of aromatic nitrogens is 5. The highest BCUT2D eigenvalue weighted by atomic mass is 32.1. The zero-order chi connectivity index (χ0) is 55.3. The van der Waals surface area contributed by atoms with Gasteiger partial charge in [0.05, 0.1) is 39.1 Å². The van der Waals surface area contributed by atoms with Crippen molar-refractivity contribution < 1.29 is 0 Å². The molecular formula is C76H51N7S. The minimum atomic E-state index is 0.120. The number of hydrogen-bond acceptors (Lipinski definition) is 2. The van der Waals surface area contributed by atoms with Crippen LogP contribution < -0.4 is 5.49 Å². The molecule has 1 aliphatic rings. The number of allylic oxidation sites excluding steroid dienone is 1. The number of amidine groups is 1. The molecule has 2 N–H and O–H groups in total. The molecule has 2 unspecified atom stereocenters. The minimum absolute atomic E-state index is 0.120. The van der Waals surface area contributed by atoms with Gasteiger partial charge in [0.25, 0.3) is 0 Å². The molecule has 0 spiro atoms. The van der Waals surface area contributed by atoms with E-state index in [-0.39, 0.29) is 11.9 Å². The van der Waals surface area contributed by atoms with Crippen molar-refractivity contribution in [2.75, 3.05) is 0 Å². The van der Waals surface area contributed by atoms with Crippen molar-refractivity contribution in [1.82, 2.24) is 23.1 Å². The third kappa shape index (κ3) is 6.74. The van der Waals surface area contributed by atoms with E-state index < -0.39 is 0 Å². The lowest BCUT2D eigenvalue weighted by Crippen LogP contribution is -2.20. The fraction of sp³-hybridized carbons (Fsp3) is 0.0526. The summed E-state index contributed by atoms with van der Waals surface area (Å²) in [7, 11) is 0. The van der Waals surface area contributed by atoms with Gasteiger partial charge in [-0.3, -0.25) is 15.0 Å². The number of nitrogens with one attached hydrogen (secondary N) is 2. The smallest absolute Gasteiger partial charge is 0.155 e. The number of fused-ring (bicyclic) bond motifs is 20. The van der Waals surface area contributed by atoms with Crippen molar-refractivity contribution in [2.24, 2.45) is 10.9 Å². The zero-order valence-electron chi connectivity index (χ0n) is 45.8. The van der Waals surface area contributed by atoms with Crippen LogP contribution in [0.15, 0.2) is 254 Å². The molecule has 18 rings (SSSR count). The molecule has 7 nitrogen and oxygen atoms in total. The lowest BCUT2D eigenvalue weighted by atomic mass is 9.87. The Morgan fingerprint density at radius 2 is 1.08 bits per heavy atom. The molecule has 396 valence electrons. The predicted molar refractivity (Wildman–Crippen MR) is 353 cm³/mol. The van der Waals surface area contributed by atoms with Gasteiger partial charge >= 0.3 is 0 Å². The van der Waals surface area contributed by atoms with Crippen molar-refractivity contribution >= 4 is 142 Å². The summed E-state index contributed by atoms with van der Waals surface area (Å²) >= 11 is 1.95. The van der Waals surface area contributed by atoms with E-state index in [1.165, 1.54) is 80.6 Å². The molecule has 0 saturated carbocycles. The SMILES string of the molecule is CCC1C=Cc2c(sc3ccc(-n4c5ccccc5c5ccccc54)cc23)C1n1c2ccccc2c2cc(-c3ccc(C(=N)N=c4[nH]n5c6ccccc6c6ccc7c8ccccc8n(c8cccc(c8)c8ccccc48)c7c65)cc3)ccc21. The molecule has 2 bridgehead atoms. The topological polar surface area (TPSA) is 70.7 Å². The van der Waals surface area contributed by atoms with Gasteiger partial charge in [-0.1, -0.05) is 189 Å². The summed E-state index contributed by atoms with van der Waals surface area (Å²) in [5, 5.41) is 27.6. The number of rotatable bonds is 5. The molecule has 84 heavy (non-hydrogen) atoms. The number of hydrogen-bond donors (Lipinski definition) is 2. The molecule has 0 amide bonds. The second-order valence-corrected chi connectivity index (χ2v) is 23.7. The monoisotopic (exact) mass is 1090 g/mol. The van der Waals surface area contributed by atoms with E-state index in [4.69, 9.17) is 4.99 Å². The Kier molecular flexibility index (Phi) is 10.1. The van der Waals surface area contributed by atoms with Crippen LogP contribution >= 0.6 is 11.3 Å².